The Hall–Kier alpha value is -0.0800. The number of aliphatic hydroxyl groups excluding tert-OH is 1. The van der Waals surface area contributed by atoms with Crippen LogP contribution in [0.5, 0.6) is 0 Å². The summed E-state index contributed by atoms with van der Waals surface area (Å²) in [6.45, 7) is 4.50. The molecular formula is C13H28O2. The lowest BCUT2D eigenvalue weighted by Crippen LogP contribution is -2.27. The molecule has 15 heavy (non-hydrogen) atoms. The van der Waals surface area contributed by atoms with Crippen molar-refractivity contribution in [3.8, 4) is 0 Å². The van der Waals surface area contributed by atoms with Gasteiger partial charge in [0.15, 0.2) is 0 Å². The van der Waals surface area contributed by atoms with E-state index < -0.39 is 5.60 Å². The zero-order valence-corrected chi connectivity index (χ0v) is 10.5. The molecule has 2 nitrogen and oxygen atoms in total. The van der Waals surface area contributed by atoms with Gasteiger partial charge in [-0.05, 0) is 32.1 Å². The smallest absolute Gasteiger partial charge is 0.0645 e. The minimum Gasteiger partial charge on any atom is -0.396 e. The van der Waals surface area contributed by atoms with Gasteiger partial charge in [0.2, 0.25) is 0 Å². The molecule has 0 saturated carbocycles. The van der Waals surface area contributed by atoms with Crippen molar-refractivity contribution >= 4 is 0 Å². The Kier molecular flexibility index (Phi) is 9.12. The van der Waals surface area contributed by atoms with Crippen LogP contribution in [0.15, 0.2) is 0 Å². The first-order chi connectivity index (χ1) is 7.18. The van der Waals surface area contributed by atoms with Crippen LogP contribution in [0.1, 0.15) is 71.6 Å². The minimum atomic E-state index is -0.469. The highest BCUT2D eigenvalue weighted by Gasteiger charge is 2.22. The number of hydrogen-bond acceptors (Lipinski definition) is 2. The van der Waals surface area contributed by atoms with Gasteiger partial charge < -0.3 is 10.2 Å². The highest BCUT2D eigenvalue weighted by molar-refractivity contribution is 4.76. The quantitative estimate of drug-likeness (QED) is 0.550. The number of hydrogen-bond donors (Lipinski definition) is 2. The van der Waals surface area contributed by atoms with E-state index in [4.69, 9.17) is 5.11 Å². The summed E-state index contributed by atoms with van der Waals surface area (Å²) in [6.07, 6.45) is 9.25. The first kappa shape index (κ1) is 14.9. The zero-order valence-electron chi connectivity index (χ0n) is 10.5. The SMILES string of the molecule is CCCCCCC(O)(CC)CCCCO. The average molecular weight is 216 g/mol. The second-order valence-corrected chi connectivity index (χ2v) is 4.57. The molecule has 0 aromatic heterocycles. The summed E-state index contributed by atoms with van der Waals surface area (Å²) < 4.78 is 0. The summed E-state index contributed by atoms with van der Waals surface area (Å²) in [5, 5.41) is 19.0. The van der Waals surface area contributed by atoms with Crippen LogP contribution in [0.2, 0.25) is 0 Å². The number of rotatable bonds is 10. The van der Waals surface area contributed by atoms with Crippen LogP contribution in [0.4, 0.5) is 0 Å². The van der Waals surface area contributed by atoms with E-state index in [-0.39, 0.29) is 6.61 Å². The van der Waals surface area contributed by atoms with E-state index >= 15 is 0 Å². The van der Waals surface area contributed by atoms with E-state index in [0.29, 0.717) is 0 Å². The molecule has 0 fully saturated rings. The standard InChI is InChI=1S/C13H28O2/c1-3-5-6-7-10-13(15,4-2)11-8-9-12-14/h14-15H,3-12H2,1-2H3. The van der Waals surface area contributed by atoms with Crippen molar-refractivity contribution in [3.63, 3.8) is 0 Å². The van der Waals surface area contributed by atoms with E-state index in [1.807, 2.05) is 0 Å². The van der Waals surface area contributed by atoms with Crippen LogP contribution >= 0.6 is 0 Å². The minimum absolute atomic E-state index is 0.246. The van der Waals surface area contributed by atoms with Crippen molar-refractivity contribution in [3.05, 3.63) is 0 Å². The maximum Gasteiger partial charge on any atom is 0.0645 e. The van der Waals surface area contributed by atoms with E-state index in [1.165, 1.54) is 19.3 Å². The highest BCUT2D eigenvalue weighted by Crippen LogP contribution is 2.25. The first-order valence-corrected chi connectivity index (χ1v) is 6.51. The molecule has 0 amide bonds. The topological polar surface area (TPSA) is 40.5 Å². The van der Waals surface area contributed by atoms with Gasteiger partial charge in [0.1, 0.15) is 0 Å². The summed E-state index contributed by atoms with van der Waals surface area (Å²) in [4.78, 5) is 0. The van der Waals surface area contributed by atoms with Crippen LogP contribution in [0.25, 0.3) is 0 Å². The van der Waals surface area contributed by atoms with Crippen molar-refractivity contribution in [2.24, 2.45) is 0 Å². The molecule has 0 aliphatic carbocycles. The summed E-state index contributed by atoms with van der Waals surface area (Å²) >= 11 is 0. The van der Waals surface area contributed by atoms with E-state index in [9.17, 15) is 5.11 Å². The van der Waals surface area contributed by atoms with Crippen molar-refractivity contribution in [2.45, 2.75) is 77.2 Å². The van der Waals surface area contributed by atoms with Gasteiger partial charge in [-0.15, -0.1) is 0 Å². The van der Waals surface area contributed by atoms with Crippen LogP contribution in [-0.2, 0) is 0 Å². The fraction of sp³-hybridized carbons (Fsp3) is 1.00. The van der Waals surface area contributed by atoms with Gasteiger partial charge in [-0.3, -0.25) is 0 Å². The molecule has 0 aliphatic heterocycles. The second-order valence-electron chi connectivity index (χ2n) is 4.57. The molecule has 1 atom stereocenters. The molecular weight excluding hydrogens is 188 g/mol. The molecule has 2 N–H and O–H groups in total. The van der Waals surface area contributed by atoms with Crippen molar-refractivity contribution < 1.29 is 10.2 Å². The van der Waals surface area contributed by atoms with Crippen molar-refractivity contribution in [1.82, 2.24) is 0 Å². The zero-order chi connectivity index (χ0) is 11.6. The van der Waals surface area contributed by atoms with Gasteiger partial charge in [0.05, 0.1) is 5.60 Å². The first-order valence-electron chi connectivity index (χ1n) is 6.51. The molecule has 0 bridgehead atoms. The molecule has 0 aromatic rings. The molecule has 0 spiro atoms. The Bertz CT molecular complexity index is 136. The predicted octanol–water partition coefficient (Wildman–Crippen LogP) is 3.26. The number of aliphatic hydroxyl groups is 2. The molecule has 0 radical (unpaired) electrons. The van der Waals surface area contributed by atoms with Crippen LogP contribution in [0.3, 0.4) is 0 Å². The molecule has 0 aliphatic rings. The third-order valence-electron chi connectivity index (χ3n) is 3.20. The van der Waals surface area contributed by atoms with Crippen molar-refractivity contribution in [1.29, 1.82) is 0 Å². The summed E-state index contributed by atoms with van der Waals surface area (Å²) in [5.74, 6) is 0. The summed E-state index contributed by atoms with van der Waals surface area (Å²) in [5.41, 5.74) is -0.469. The normalized spacial score (nSPS) is 15.2. The second kappa shape index (κ2) is 9.17. The van der Waals surface area contributed by atoms with Gasteiger partial charge in [-0.1, -0.05) is 39.5 Å². The maximum atomic E-state index is 10.3. The van der Waals surface area contributed by atoms with Gasteiger partial charge in [-0.2, -0.15) is 0 Å². The van der Waals surface area contributed by atoms with E-state index in [2.05, 4.69) is 13.8 Å². The van der Waals surface area contributed by atoms with Crippen LogP contribution < -0.4 is 0 Å². The Labute approximate surface area is 94.7 Å². The third-order valence-corrected chi connectivity index (χ3v) is 3.20. The van der Waals surface area contributed by atoms with Crippen molar-refractivity contribution in [2.75, 3.05) is 6.61 Å². The monoisotopic (exact) mass is 216 g/mol. The van der Waals surface area contributed by atoms with Gasteiger partial charge >= 0.3 is 0 Å². The third kappa shape index (κ3) is 7.80. The summed E-state index contributed by atoms with van der Waals surface area (Å²) in [7, 11) is 0. The maximum absolute atomic E-state index is 10.3. The highest BCUT2D eigenvalue weighted by atomic mass is 16.3. The number of unbranched alkanes of at least 4 members (excludes halogenated alkanes) is 4. The Morgan fingerprint density at radius 1 is 0.867 bits per heavy atom. The van der Waals surface area contributed by atoms with Crippen LogP contribution in [-0.4, -0.2) is 22.4 Å². The van der Waals surface area contributed by atoms with Gasteiger partial charge in [0, 0.05) is 6.61 Å². The molecule has 92 valence electrons. The fourth-order valence-electron chi connectivity index (χ4n) is 1.93. The van der Waals surface area contributed by atoms with E-state index in [1.54, 1.807) is 0 Å². The lowest BCUT2D eigenvalue weighted by Gasteiger charge is -2.26. The lowest BCUT2D eigenvalue weighted by atomic mass is 9.88. The largest absolute Gasteiger partial charge is 0.396 e. The lowest BCUT2D eigenvalue weighted by molar-refractivity contribution is 0.0132. The van der Waals surface area contributed by atoms with Crippen LogP contribution in [0, 0.1) is 0 Å². The molecule has 0 saturated heterocycles. The molecule has 2 heteroatoms. The molecule has 0 aromatic carbocycles. The van der Waals surface area contributed by atoms with Gasteiger partial charge in [-0.25, -0.2) is 0 Å². The Balaban J connectivity index is 3.65. The van der Waals surface area contributed by atoms with Gasteiger partial charge in [0.25, 0.3) is 0 Å². The Morgan fingerprint density at radius 3 is 1.93 bits per heavy atom. The fourth-order valence-corrected chi connectivity index (χ4v) is 1.93. The average Bonchev–Trinajstić information content (AvgIpc) is 2.25. The molecule has 0 rings (SSSR count). The predicted molar refractivity (Wildman–Crippen MR) is 64.9 cm³/mol. The summed E-state index contributed by atoms with van der Waals surface area (Å²) in [6, 6.07) is 0. The molecule has 0 heterocycles. The molecule has 1 unspecified atom stereocenters. The Morgan fingerprint density at radius 2 is 1.47 bits per heavy atom. The van der Waals surface area contributed by atoms with E-state index in [0.717, 1.165) is 38.5 Å².